The first-order valence-electron chi connectivity index (χ1n) is 9.24. The predicted molar refractivity (Wildman–Crippen MR) is 96.5 cm³/mol. The van der Waals surface area contributed by atoms with Gasteiger partial charge in [0.2, 0.25) is 5.91 Å². The number of para-hydroxylation sites is 1. The molecule has 0 atom stereocenters. The first-order chi connectivity index (χ1) is 12.3. The van der Waals surface area contributed by atoms with Gasteiger partial charge in [0.25, 0.3) is 0 Å². The SMILES string of the molecule is COc1ccccc1-c1cnc2n1CCN(C(=O)C1CCCC1)CC2. The lowest BCUT2D eigenvalue weighted by Crippen LogP contribution is -2.37. The van der Waals surface area contributed by atoms with Crippen molar-refractivity contribution in [3.63, 3.8) is 0 Å². The molecule has 25 heavy (non-hydrogen) atoms. The third-order valence-corrected chi connectivity index (χ3v) is 5.54. The van der Waals surface area contributed by atoms with Crippen molar-refractivity contribution in [3.8, 4) is 17.0 Å². The molecule has 1 saturated carbocycles. The van der Waals surface area contributed by atoms with E-state index in [2.05, 4.69) is 20.5 Å². The fourth-order valence-corrected chi connectivity index (χ4v) is 4.15. The minimum Gasteiger partial charge on any atom is -0.496 e. The largest absolute Gasteiger partial charge is 0.496 e. The Hall–Kier alpha value is -2.30. The van der Waals surface area contributed by atoms with Gasteiger partial charge >= 0.3 is 0 Å². The lowest BCUT2D eigenvalue weighted by molar-refractivity contribution is -0.135. The van der Waals surface area contributed by atoms with Gasteiger partial charge in [0.15, 0.2) is 0 Å². The molecule has 1 aliphatic heterocycles. The molecule has 2 aliphatic rings. The maximum atomic E-state index is 12.8. The van der Waals surface area contributed by atoms with E-state index < -0.39 is 0 Å². The molecule has 1 aromatic heterocycles. The van der Waals surface area contributed by atoms with Crippen LogP contribution in [0.5, 0.6) is 5.75 Å². The van der Waals surface area contributed by atoms with E-state index >= 15 is 0 Å². The third kappa shape index (κ3) is 3.03. The lowest BCUT2D eigenvalue weighted by atomic mass is 10.1. The van der Waals surface area contributed by atoms with E-state index in [1.807, 2.05) is 24.4 Å². The minimum absolute atomic E-state index is 0.249. The number of fused-ring (bicyclic) bond motifs is 1. The molecule has 1 fully saturated rings. The Morgan fingerprint density at radius 1 is 1.16 bits per heavy atom. The molecule has 0 spiro atoms. The maximum absolute atomic E-state index is 12.8. The molecular formula is C20H25N3O2. The topological polar surface area (TPSA) is 47.4 Å². The van der Waals surface area contributed by atoms with Crippen LogP contribution in [0.15, 0.2) is 30.5 Å². The molecule has 4 rings (SSSR count). The van der Waals surface area contributed by atoms with Crippen LogP contribution < -0.4 is 4.74 Å². The summed E-state index contributed by atoms with van der Waals surface area (Å²) in [4.78, 5) is 19.4. The van der Waals surface area contributed by atoms with Crippen molar-refractivity contribution in [2.75, 3.05) is 20.2 Å². The standard InChI is InChI=1S/C20H25N3O2/c1-25-18-9-5-4-8-16(18)17-14-21-19-10-11-22(12-13-23(17)19)20(24)15-6-2-3-7-15/h4-5,8-9,14-15H,2-3,6-7,10-13H2,1H3. The highest BCUT2D eigenvalue weighted by Crippen LogP contribution is 2.31. The molecule has 0 saturated heterocycles. The minimum atomic E-state index is 0.249. The van der Waals surface area contributed by atoms with Crippen LogP contribution in [0.25, 0.3) is 11.3 Å². The Kier molecular flexibility index (Phi) is 4.47. The summed E-state index contributed by atoms with van der Waals surface area (Å²) in [6, 6.07) is 8.03. The van der Waals surface area contributed by atoms with E-state index in [9.17, 15) is 4.79 Å². The van der Waals surface area contributed by atoms with Crippen LogP contribution in [-0.4, -0.2) is 40.6 Å². The van der Waals surface area contributed by atoms with Crippen molar-refractivity contribution in [1.82, 2.24) is 14.5 Å². The summed E-state index contributed by atoms with van der Waals surface area (Å²) in [6.45, 7) is 2.33. The van der Waals surface area contributed by atoms with E-state index in [0.717, 1.165) is 61.7 Å². The zero-order chi connectivity index (χ0) is 17.2. The average molecular weight is 339 g/mol. The molecule has 2 aromatic rings. The Bertz CT molecular complexity index is 762. The summed E-state index contributed by atoms with van der Waals surface area (Å²) in [5.74, 6) is 2.51. The molecule has 0 radical (unpaired) electrons. The first-order valence-corrected chi connectivity index (χ1v) is 9.24. The fraction of sp³-hybridized carbons (Fsp3) is 0.500. The van der Waals surface area contributed by atoms with Gasteiger partial charge in [0.1, 0.15) is 11.6 Å². The fourth-order valence-electron chi connectivity index (χ4n) is 4.15. The molecule has 1 aromatic carbocycles. The van der Waals surface area contributed by atoms with Crippen molar-refractivity contribution in [2.45, 2.75) is 38.6 Å². The summed E-state index contributed by atoms with van der Waals surface area (Å²) < 4.78 is 7.76. The number of imidazole rings is 1. The molecule has 132 valence electrons. The van der Waals surface area contributed by atoms with Gasteiger partial charge in [-0.25, -0.2) is 4.98 Å². The number of amides is 1. The van der Waals surface area contributed by atoms with Gasteiger partial charge in [0, 0.05) is 37.5 Å². The highest BCUT2D eigenvalue weighted by Gasteiger charge is 2.29. The second-order valence-corrected chi connectivity index (χ2v) is 6.97. The average Bonchev–Trinajstić information content (AvgIpc) is 3.27. The number of hydrogen-bond donors (Lipinski definition) is 0. The number of carbonyl (C=O) groups is 1. The van der Waals surface area contributed by atoms with Crippen molar-refractivity contribution in [1.29, 1.82) is 0 Å². The van der Waals surface area contributed by atoms with Gasteiger partial charge in [0.05, 0.1) is 19.0 Å². The van der Waals surface area contributed by atoms with Crippen LogP contribution in [0.4, 0.5) is 0 Å². The maximum Gasteiger partial charge on any atom is 0.225 e. The number of benzene rings is 1. The summed E-state index contributed by atoms with van der Waals surface area (Å²) >= 11 is 0. The van der Waals surface area contributed by atoms with Crippen LogP contribution in [0.2, 0.25) is 0 Å². The number of ether oxygens (including phenoxy) is 1. The number of hydrogen-bond acceptors (Lipinski definition) is 3. The van der Waals surface area contributed by atoms with Crippen LogP contribution >= 0.6 is 0 Å². The summed E-state index contributed by atoms with van der Waals surface area (Å²) in [5, 5.41) is 0. The number of aromatic nitrogens is 2. The first kappa shape index (κ1) is 16.2. The third-order valence-electron chi connectivity index (χ3n) is 5.54. The van der Waals surface area contributed by atoms with Gasteiger partial charge in [-0.1, -0.05) is 25.0 Å². The molecular weight excluding hydrogens is 314 g/mol. The number of nitrogens with zero attached hydrogens (tertiary/aromatic N) is 3. The van der Waals surface area contributed by atoms with E-state index in [-0.39, 0.29) is 5.92 Å². The second kappa shape index (κ2) is 6.90. The smallest absolute Gasteiger partial charge is 0.225 e. The van der Waals surface area contributed by atoms with Gasteiger partial charge in [-0.2, -0.15) is 0 Å². The number of rotatable bonds is 3. The monoisotopic (exact) mass is 339 g/mol. The molecule has 1 amide bonds. The molecule has 0 unspecified atom stereocenters. The number of methoxy groups -OCH3 is 1. The highest BCUT2D eigenvalue weighted by molar-refractivity contribution is 5.79. The Morgan fingerprint density at radius 2 is 1.96 bits per heavy atom. The van der Waals surface area contributed by atoms with Gasteiger partial charge < -0.3 is 14.2 Å². The molecule has 2 heterocycles. The predicted octanol–water partition coefficient (Wildman–Crippen LogP) is 3.13. The van der Waals surface area contributed by atoms with E-state index in [0.29, 0.717) is 5.91 Å². The Balaban J connectivity index is 1.57. The molecule has 5 heteroatoms. The van der Waals surface area contributed by atoms with Crippen molar-refractivity contribution in [2.24, 2.45) is 5.92 Å². The van der Waals surface area contributed by atoms with Crippen LogP contribution in [-0.2, 0) is 17.8 Å². The van der Waals surface area contributed by atoms with Gasteiger partial charge in [-0.15, -0.1) is 0 Å². The van der Waals surface area contributed by atoms with E-state index in [1.165, 1.54) is 12.8 Å². The van der Waals surface area contributed by atoms with Crippen molar-refractivity contribution >= 4 is 5.91 Å². The Labute approximate surface area is 148 Å². The molecule has 0 bridgehead atoms. The summed E-state index contributed by atoms with van der Waals surface area (Å²) in [6.07, 6.45) is 7.27. The molecule has 5 nitrogen and oxygen atoms in total. The molecule has 1 aliphatic carbocycles. The summed E-state index contributed by atoms with van der Waals surface area (Å²) in [5.41, 5.74) is 2.13. The van der Waals surface area contributed by atoms with Gasteiger partial charge in [-0.3, -0.25) is 4.79 Å². The quantitative estimate of drug-likeness (QED) is 0.863. The number of carbonyl (C=O) groups excluding carboxylic acids is 1. The Morgan fingerprint density at radius 3 is 2.76 bits per heavy atom. The highest BCUT2D eigenvalue weighted by atomic mass is 16.5. The van der Waals surface area contributed by atoms with Crippen LogP contribution in [0.1, 0.15) is 31.5 Å². The van der Waals surface area contributed by atoms with E-state index in [4.69, 9.17) is 4.74 Å². The van der Waals surface area contributed by atoms with Crippen LogP contribution in [0, 0.1) is 5.92 Å². The zero-order valence-corrected chi connectivity index (χ0v) is 14.8. The van der Waals surface area contributed by atoms with Crippen molar-refractivity contribution < 1.29 is 9.53 Å². The lowest BCUT2D eigenvalue weighted by Gasteiger charge is -2.23. The van der Waals surface area contributed by atoms with Crippen LogP contribution in [0.3, 0.4) is 0 Å². The van der Waals surface area contributed by atoms with Gasteiger partial charge in [-0.05, 0) is 25.0 Å². The normalized spacial score (nSPS) is 18.0. The van der Waals surface area contributed by atoms with Crippen molar-refractivity contribution in [3.05, 3.63) is 36.3 Å². The zero-order valence-electron chi connectivity index (χ0n) is 14.8. The second-order valence-electron chi connectivity index (χ2n) is 6.97. The van der Waals surface area contributed by atoms with E-state index in [1.54, 1.807) is 7.11 Å². The summed E-state index contributed by atoms with van der Waals surface area (Å²) in [7, 11) is 1.69. The molecule has 0 N–H and O–H groups in total.